The molecule has 134 valence electrons. The smallest absolute Gasteiger partial charge is 0.315 e. The van der Waals surface area contributed by atoms with Crippen LogP contribution in [-0.4, -0.2) is 34.4 Å². The number of fused-ring (bicyclic) bond motifs is 1. The highest BCUT2D eigenvalue weighted by Crippen LogP contribution is 2.33. The zero-order valence-corrected chi connectivity index (χ0v) is 15.7. The summed E-state index contributed by atoms with van der Waals surface area (Å²) in [5.41, 5.74) is 3.65. The maximum atomic E-state index is 13.0. The van der Waals surface area contributed by atoms with Crippen LogP contribution >= 0.6 is 11.8 Å². The van der Waals surface area contributed by atoms with Gasteiger partial charge in [0.15, 0.2) is 5.78 Å². The van der Waals surface area contributed by atoms with Crippen LogP contribution in [-0.2, 0) is 16.6 Å². The van der Waals surface area contributed by atoms with E-state index in [1.54, 1.807) is 6.92 Å². The normalized spacial score (nSPS) is 10.8. The largest absolute Gasteiger partial charge is 0.465 e. The zero-order chi connectivity index (χ0) is 18.5. The van der Waals surface area contributed by atoms with Crippen molar-refractivity contribution in [1.29, 1.82) is 0 Å². The number of thioether (sulfide) groups is 1. The third-order valence-electron chi connectivity index (χ3n) is 4.19. The van der Waals surface area contributed by atoms with Gasteiger partial charge in [-0.05, 0) is 18.6 Å². The number of hydrogen-bond acceptors (Lipinski definition) is 4. The first-order chi connectivity index (χ1) is 12.6. The summed E-state index contributed by atoms with van der Waals surface area (Å²) < 4.78 is 6.99. The second-order valence-corrected chi connectivity index (χ2v) is 6.87. The third kappa shape index (κ3) is 3.68. The van der Waals surface area contributed by atoms with Crippen molar-refractivity contribution in [1.82, 2.24) is 4.57 Å². The van der Waals surface area contributed by atoms with E-state index in [1.165, 1.54) is 11.8 Å². The minimum atomic E-state index is -0.286. The summed E-state index contributed by atoms with van der Waals surface area (Å²) in [7, 11) is 1.98. The van der Waals surface area contributed by atoms with Crippen LogP contribution in [0.5, 0.6) is 0 Å². The SMILES string of the molecule is CCOC(=O)CSCC(=O)c1c(-c2ccccc2)n(C)c2ccccc12. The average Bonchev–Trinajstić information content (AvgIpc) is 2.96. The Balaban J connectivity index is 1.96. The van der Waals surface area contributed by atoms with Gasteiger partial charge in [0.2, 0.25) is 0 Å². The van der Waals surface area contributed by atoms with Crippen LogP contribution in [0.1, 0.15) is 17.3 Å². The Morgan fingerprint density at radius 2 is 1.69 bits per heavy atom. The van der Waals surface area contributed by atoms with Crippen LogP contribution < -0.4 is 0 Å². The van der Waals surface area contributed by atoms with Crippen molar-refractivity contribution in [3.8, 4) is 11.3 Å². The molecule has 1 aromatic heterocycles. The fourth-order valence-corrected chi connectivity index (χ4v) is 3.79. The molecule has 0 saturated carbocycles. The Hall–Kier alpha value is -2.53. The number of ketones is 1. The molecule has 0 atom stereocenters. The molecule has 3 rings (SSSR count). The highest BCUT2D eigenvalue weighted by molar-refractivity contribution is 8.00. The van der Waals surface area contributed by atoms with Gasteiger partial charge in [-0.15, -0.1) is 11.8 Å². The van der Waals surface area contributed by atoms with E-state index >= 15 is 0 Å². The topological polar surface area (TPSA) is 48.3 Å². The second-order valence-electron chi connectivity index (χ2n) is 5.89. The van der Waals surface area contributed by atoms with Gasteiger partial charge >= 0.3 is 5.97 Å². The van der Waals surface area contributed by atoms with Gasteiger partial charge in [-0.1, -0.05) is 48.5 Å². The molecule has 5 heteroatoms. The Morgan fingerprint density at radius 1 is 1.00 bits per heavy atom. The van der Waals surface area contributed by atoms with Gasteiger partial charge in [0.1, 0.15) is 0 Å². The maximum Gasteiger partial charge on any atom is 0.315 e. The zero-order valence-electron chi connectivity index (χ0n) is 14.9. The van der Waals surface area contributed by atoms with Crippen LogP contribution in [0.15, 0.2) is 54.6 Å². The first-order valence-electron chi connectivity index (χ1n) is 8.53. The first-order valence-corrected chi connectivity index (χ1v) is 9.68. The minimum absolute atomic E-state index is 0.0231. The molecular formula is C21H21NO3S. The molecule has 0 aliphatic carbocycles. The number of ether oxygens (including phenoxy) is 1. The van der Waals surface area contributed by atoms with Crippen LogP contribution in [0.4, 0.5) is 0 Å². The number of aromatic nitrogens is 1. The van der Waals surface area contributed by atoms with Crippen LogP contribution in [0.2, 0.25) is 0 Å². The van der Waals surface area contributed by atoms with Crippen molar-refractivity contribution in [2.45, 2.75) is 6.92 Å². The lowest BCUT2D eigenvalue weighted by Crippen LogP contribution is -2.10. The summed E-state index contributed by atoms with van der Waals surface area (Å²) in [4.78, 5) is 24.5. The van der Waals surface area contributed by atoms with Gasteiger partial charge in [-0.3, -0.25) is 9.59 Å². The number of aryl methyl sites for hydroxylation is 1. The number of benzene rings is 2. The fraction of sp³-hybridized carbons (Fsp3) is 0.238. The third-order valence-corrected chi connectivity index (χ3v) is 5.10. The van der Waals surface area contributed by atoms with E-state index in [4.69, 9.17) is 4.74 Å². The van der Waals surface area contributed by atoms with Gasteiger partial charge in [0.05, 0.1) is 29.4 Å². The molecule has 3 aromatic rings. The predicted octanol–water partition coefficient (Wildman–Crippen LogP) is 4.32. The molecule has 0 N–H and O–H groups in total. The molecule has 0 unspecified atom stereocenters. The van der Waals surface area contributed by atoms with Crippen LogP contribution in [0.3, 0.4) is 0 Å². The van der Waals surface area contributed by atoms with Gasteiger partial charge in [0.25, 0.3) is 0 Å². The molecule has 0 fully saturated rings. The Bertz CT molecular complexity index is 931. The molecule has 4 nitrogen and oxygen atoms in total. The second kappa shape index (κ2) is 8.23. The summed E-state index contributed by atoms with van der Waals surface area (Å²) in [6, 6.07) is 17.8. The van der Waals surface area contributed by atoms with E-state index in [0.717, 1.165) is 22.2 Å². The minimum Gasteiger partial charge on any atom is -0.465 e. The molecular weight excluding hydrogens is 346 g/mol. The number of hydrogen-bond donors (Lipinski definition) is 0. The number of carbonyl (C=O) groups is 2. The van der Waals surface area contributed by atoms with Crippen molar-refractivity contribution in [3.05, 3.63) is 60.2 Å². The van der Waals surface area contributed by atoms with E-state index in [2.05, 4.69) is 4.57 Å². The molecule has 0 amide bonds. The van der Waals surface area contributed by atoms with Gasteiger partial charge < -0.3 is 9.30 Å². The lowest BCUT2D eigenvalue weighted by Gasteiger charge is -2.08. The van der Waals surface area contributed by atoms with E-state index in [-0.39, 0.29) is 23.3 Å². The van der Waals surface area contributed by atoms with Crippen LogP contribution in [0.25, 0.3) is 22.2 Å². The summed E-state index contributed by atoms with van der Waals surface area (Å²) in [5.74, 6) is 0.166. The van der Waals surface area contributed by atoms with E-state index < -0.39 is 0 Å². The summed E-state index contributed by atoms with van der Waals surface area (Å²) >= 11 is 1.29. The highest BCUT2D eigenvalue weighted by atomic mass is 32.2. The molecule has 0 bridgehead atoms. The van der Waals surface area contributed by atoms with Gasteiger partial charge in [-0.25, -0.2) is 0 Å². The molecule has 2 aromatic carbocycles. The van der Waals surface area contributed by atoms with Crippen molar-refractivity contribution in [2.24, 2.45) is 7.05 Å². The molecule has 1 heterocycles. The van der Waals surface area contributed by atoms with Crippen molar-refractivity contribution in [3.63, 3.8) is 0 Å². The lowest BCUT2D eigenvalue weighted by atomic mass is 10.0. The number of para-hydroxylation sites is 1. The van der Waals surface area contributed by atoms with E-state index in [1.807, 2.05) is 61.6 Å². The van der Waals surface area contributed by atoms with Gasteiger partial charge in [0, 0.05) is 18.0 Å². The molecule has 26 heavy (non-hydrogen) atoms. The molecule has 0 aliphatic rings. The fourth-order valence-electron chi connectivity index (χ4n) is 3.11. The van der Waals surface area contributed by atoms with Gasteiger partial charge in [-0.2, -0.15) is 0 Å². The van der Waals surface area contributed by atoms with E-state index in [9.17, 15) is 9.59 Å². The summed E-state index contributed by atoms with van der Waals surface area (Å²) in [5, 5.41) is 0.940. The number of carbonyl (C=O) groups excluding carboxylic acids is 2. The number of nitrogens with zero attached hydrogens (tertiary/aromatic N) is 1. The monoisotopic (exact) mass is 367 g/mol. The van der Waals surface area contributed by atoms with Crippen molar-refractivity contribution in [2.75, 3.05) is 18.1 Å². The molecule has 0 spiro atoms. The number of rotatable bonds is 7. The quantitative estimate of drug-likeness (QED) is 0.461. The maximum absolute atomic E-state index is 13.0. The average molecular weight is 367 g/mol. The van der Waals surface area contributed by atoms with E-state index in [0.29, 0.717) is 12.2 Å². The van der Waals surface area contributed by atoms with Crippen molar-refractivity contribution < 1.29 is 14.3 Å². The molecule has 0 saturated heterocycles. The standard InChI is InChI=1S/C21H21NO3S/c1-3-25-19(24)14-26-13-18(23)20-16-11-7-8-12-17(16)22(2)21(20)15-9-5-4-6-10-15/h4-12H,3,13-14H2,1-2H3. The first kappa shape index (κ1) is 18.3. The number of esters is 1. The van der Waals surface area contributed by atoms with Crippen molar-refractivity contribution >= 4 is 34.4 Å². The summed E-state index contributed by atoms with van der Waals surface area (Å²) in [6.45, 7) is 2.13. The Kier molecular flexibility index (Phi) is 5.78. The Labute approximate surface area is 157 Å². The summed E-state index contributed by atoms with van der Waals surface area (Å²) in [6.07, 6.45) is 0. The molecule has 0 radical (unpaired) electrons. The lowest BCUT2D eigenvalue weighted by molar-refractivity contribution is -0.139. The highest BCUT2D eigenvalue weighted by Gasteiger charge is 2.22. The van der Waals surface area contributed by atoms with Crippen LogP contribution in [0, 0.1) is 0 Å². The number of Topliss-reactive ketones (excluding diaryl/α,β-unsaturated/α-hetero) is 1. The predicted molar refractivity (Wildman–Crippen MR) is 107 cm³/mol. The Morgan fingerprint density at radius 3 is 2.42 bits per heavy atom. The molecule has 0 aliphatic heterocycles.